The van der Waals surface area contributed by atoms with Crippen molar-refractivity contribution in [2.24, 2.45) is 5.16 Å². The first-order valence-electron chi connectivity index (χ1n) is 5.62. The van der Waals surface area contributed by atoms with Crippen molar-refractivity contribution in [3.05, 3.63) is 29.8 Å². The predicted octanol–water partition coefficient (Wildman–Crippen LogP) is 1.90. The molecule has 20 heavy (non-hydrogen) atoms. The lowest BCUT2D eigenvalue weighted by Crippen LogP contribution is -2.10. The van der Waals surface area contributed by atoms with Gasteiger partial charge in [-0.2, -0.15) is 13.7 Å². The van der Waals surface area contributed by atoms with E-state index in [0.717, 1.165) is 0 Å². The van der Waals surface area contributed by atoms with Gasteiger partial charge >= 0.3 is 10.1 Å². The van der Waals surface area contributed by atoms with Gasteiger partial charge in [0.15, 0.2) is 5.71 Å². The fourth-order valence-corrected chi connectivity index (χ4v) is 2.30. The highest BCUT2D eigenvalue weighted by molar-refractivity contribution is 7.86. The van der Waals surface area contributed by atoms with Gasteiger partial charge < -0.3 is 4.74 Å². The summed E-state index contributed by atoms with van der Waals surface area (Å²) in [7, 11) is -2.30. The number of halogens is 1. The van der Waals surface area contributed by atoms with E-state index in [1.165, 1.54) is 7.11 Å². The highest BCUT2D eigenvalue weighted by Crippen LogP contribution is 2.12. The van der Waals surface area contributed by atoms with Crippen molar-refractivity contribution in [3.8, 4) is 11.8 Å². The molecule has 0 unspecified atom stereocenters. The summed E-state index contributed by atoms with van der Waals surface area (Å²) in [6, 6.07) is 8.19. The molecule has 0 fully saturated rings. The molecule has 1 rings (SSSR count). The molecular weight excluding hydrogens is 304 g/mol. The second-order valence-electron chi connectivity index (χ2n) is 3.66. The molecule has 0 aromatic heterocycles. The third-order valence-electron chi connectivity index (χ3n) is 2.24. The normalized spacial score (nSPS) is 11.8. The lowest BCUT2D eigenvalue weighted by atomic mass is 10.1. The molecular formula is C12H13ClN2O4S. The summed E-state index contributed by atoms with van der Waals surface area (Å²) in [4.78, 5) is 0. The zero-order valence-corrected chi connectivity index (χ0v) is 12.3. The van der Waals surface area contributed by atoms with Crippen molar-refractivity contribution in [2.45, 2.75) is 6.42 Å². The maximum atomic E-state index is 11.4. The minimum atomic E-state index is -3.82. The Balaban J connectivity index is 2.85. The van der Waals surface area contributed by atoms with E-state index >= 15 is 0 Å². The van der Waals surface area contributed by atoms with Crippen LogP contribution in [0.1, 0.15) is 12.0 Å². The first-order chi connectivity index (χ1) is 9.52. The fraction of sp³-hybridized carbons (Fsp3) is 0.333. The maximum absolute atomic E-state index is 11.4. The fourth-order valence-electron chi connectivity index (χ4n) is 1.25. The largest absolute Gasteiger partial charge is 0.497 e. The standard InChI is InChI=1S/C12H13ClN2O4S/c1-18-11-5-3-10(4-6-11)12(9-14)15-19-20(16,17)8-2-7-13/h3-6H,2,7-8H2,1H3. The van der Waals surface area contributed by atoms with Crippen LogP contribution in [0, 0.1) is 11.3 Å². The van der Waals surface area contributed by atoms with Crippen molar-refractivity contribution < 1.29 is 17.4 Å². The van der Waals surface area contributed by atoms with Crippen LogP contribution in [-0.4, -0.2) is 32.9 Å². The molecule has 0 spiro atoms. The minimum Gasteiger partial charge on any atom is -0.497 e. The van der Waals surface area contributed by atoms with Crippen LogP contribution < -0.4 is 4.74 Å². The van der Waals surface area contributed by atoms with Gasteiger partial charge in [0.25, 0.3) is 0 Å². The monoisotopic (exact) mass is 316 g/mol. The Bertz CT molecular complexity index is 605. The van der Waals surface area contributed by atoms with Gasteiger partial charge in [0.1, 0.15) is 11.8 Å². The number of alkyl halides is 1. The molecule has 108 valence electrons. The molecule has 0 amide bonds. The minimum absolute atomic E-state index is 0.137. The Morgan fingerprint density at radius 1 is 1.40 bits per heavy atom. The number of rotatable bonds is 7. The van der Waals surface area contributed by atoms with Crippen LogP contribution in [0.3, 0.4) is 0 Å². The van der Waals surface area contributed by atoms with Gasteiger partial charge in [0.05, 0.1) is 12.9 Å². The third-order valence-corrected chi connectivity index (χ3v) is 3.60. The summed E-state index contributed by atoms with van der Waals surface area (Å²) in [5, 5.41) is 12.3. The van der Waals surface area contributed by atoms with E-state index in [-0.39, 0.29) is 23.8 Å². The van der Waals surface area contributed by atoms with Crippen molar-refractivity contribution in [1.82, 2.24) is 0 Å². The summed E-state index contributed by atoms with van der Waals surface area (Å²) >= 11 is 5.40. The smallest absolute Gasteiger partial charge is 0.328 e. The van der Waals surface area contributed by atoms with Gasteiger partial charge in [-0.25, -0.2) is 0 Å². The molecule has 0 bridgehead atoms. The maximum Gasteiger partial charge on any atom is 0.328 e. The van der Waals surface area contributed by atoms with Crippen LogP contribution in [0.4, 0.5) is 0 Å². The van der Waals surface area contributed by atoms with E-state index in [1.807, 2.05) is 0 Å². The van der Waals surface area contributed by atoms with Crippen LogP contribution in [0.2, 0.25) is 0 Å². The number of methoxy groups -OCH3 is 1. The molecule has 8 heteroatoms. The molecule has 0 aliphatic heterocycles. The second-order valence-corrected chi connectivity index (χ2v) is 5.71. The number of hydrogen-bond acceptors (Lipinski definition) is 6. The van der Waals surface area contributed by atoms with E-state index in [9.17, 15) is 8.42 Å². The highest BCUT2D eigenvalue weighted by Gasteiger charge is 2.12. The summed E-state index contributed by atoms with van der Waals surface area (Å²) in [6.07, 6.45) is 0.254. The van der Waals surface area contributed by atoms with E-state index in [1.54, 1.807) is 30.3 Å². The molecule has 0 saturated carbocycles. The molecule has 1 aromatic rings. The molecule has 0 heterocycles. The van der Waals surface area contributed by atoms with Crippen molar-refractivity contribution >= 4 is 27.4 Å². The van der Waals surface area contributed by atoms with Gasteiger partial charge in [-0.3, -0.25) is 4.28 Å². The number of ether oxygens (including phenoxy) is 1. The Morgan fingerprint density at radius 2 is 2.05 bits per heavy atom. The van der Waals surface area contributed by atoms with Crippen LogP contribution in [0.5, 0.6) is 5.75 Å². The number of benzene rings is 1. The zero-order valence-electron chi connectivity index (χ0n) is 10.7. The summed E-state index contributed by atoms with van der Waals surface area (Å²) < 4.78 is 32.3. The lowest BCUT2D eigenvalue weighted by molar-refractivity contribution is 0.339. The second kappa shape index (κ2) is 7.72. The number of nitriles is 1. The summed E-state index contributed by atoms with van der Waals surface area (Å²) in [5.74, 6) is 0.568. The van der Waals surface area contributed by atoms with Crippen molar-refractivity contribution in [3.63, 3.8) is 0 Å². The first-order valence-corrected chi connectivity index (χ1v) is 7.73. The molecule has 0 atom stereocenters. The van der Waals surface area contributed by atoms with Gasteiger partial charge in [-0.05, 0) is 30.7 Å². The Kier molecular flexibility index (Phi) is 6.28. The number of hydrogen-bond donors (Lipinski definition) is 0. The average Bonchev–Trinajstić information content (AvgIpc) is 2.46. The van der Waals surface area contributed by atoms with Crippen LogP contribution >= 0.6 is 11.6 Å². The van der Waals surface area contributed by atoms with E-state index < -0.39 is 10.1 Å². The molecule has 0 radical (unpaired) electrons. The topological polar surface area (TPSA) is 88.8 Å². The summed E-state index contributed by atoms with van der Waals surface area (Å²) in [6.45, 7) is 0. The van der Waals surface area contributed by atoms with Crippen LogP contribution in [0.15, 0.2) is 29.4 Å². The lowest BCUT2D eigenvalue weighted by Gasteiger charge is -2.02. The predicted molar refractivity (Wildman–Crippen MR) is 75.4 cm³/mol. The van der Waals surface area contributed by atoms with Gasteiger partial charge in [-0.1, -0.05) is 5.16 Å². The Hall–Kier alpha value is -1.78. The van der Waals surface area contributed by atoms with E-state index in [2.05, 4.69) is 9.44 Å². The molecule has 0 saturated heterocycles. The average molecular weight is 317 g/mol. The number of oxime groups is 1. The molecule has 1 aromatic carbocycles. The third kappa shape index (κ3) is 5.07. The summed E-state index contributed by atoms with van der Waals surface area (Å²) in [5.41, 5.74) is 0.294. The number of nitrogens with zero attached hydrogens (tertiary/aromatic N) is 2. The molecule has 0 N–H and O–H groups in total. The van der Waals surface area contributed by atoms with E-state index in [0.29, 0.717) is 11.3 Å². The highest BCUT2D eigenvalue weighted by atomic mass is 35.5. The quantitative estimate of drug-likeness (QED) is 0.435. The van der Waals surface area contributed by atoms with Crippen LogP contribution in [-0.2, 0) is 14.4 Å². The molecule has 0 aliphatic rings. The van der Waals surface area contributed by atoms with E-state index in [4.69, 9.17) is 21.6 Å². The van der Waals surface area contributed by atoms with Gasteiger partial charge in [0, 0.05) is 11.4 Å². The zero-order chi connectivity index (χ0) is 15.0. The first kappa shape index (κ1) is 16.3. The van der Waals surface area contributed by atoms with Gasteiger partial charge in [-0.15, -0.1) is 11.6 Å². The Morgan fingerprint density at radius 3 is 2.55 bits per heavy atom. The van der Waals surface area contributed by atoms with Crippen LogP contribution in [0.25, 0.3) is 0 Å². The van der Waals surface area contributed by atoms with Crippen molar-refractivity contribution in [2.75, 3.05) is 18.7 Å². The molecule has 0 aliphatic carbocycles. The SMILES string of the molecule is COc1ccc(C(C#N)=NOS(=O)(=O)CCCCl)cc1. The van der Waals surface area contributed by atoms with Gasteiger partial charge in [0.2, 0.25) is 0 Å². The Labute approximate surface area is 122 Å². The van der Waals surface area contributed by atoms with Crippen molar-refractivity contribution in [1.29, 1.82) is 5.26 Å². The molecule has 6 nitrogen and oxygen atoms in total.